The first-order valence-corrected chi connectivity index (χ1v) is 5.67. The average Bonchev–Trinajstić information content (AvgIpc) is 2.61. The van der Waals surface area contributed by atoms with Crippen molar-refractivity contribution in [3.05, 3.63) is 16.0 Å². The first-order valence-electron chi connectivity index (χ1n) is 4.59. The highest BCUT2D eigenvalue weighted by molar-refractivity contribution is 14.1. The summed E-state index contributed by atoms with van der Waals surface area (Å²) >= 11 is 2.11. The zero-order chi connectivity index (χ0) is 10.8. The largest absolute Gasteiger partial charge is 0.396 e. The molecule has 0 saturated carbocycles. The Morgan fingerprint density at radius 1 is 1.53 bits per heavy atom. The van der Waals surface area contributed by atoms with Crippen LogP contribution in [0.2, 0.25) is 0 Å². The van der Waals surface area contributed by atoms with Crippen molar-refractivity contribution in [2.24, 2.45) is 5.92 Å². The van der Waals surface area contributed by atoms with Crippen LogP contribution in [-0.4, -0.2) is 34.1 Å². The van der Waals surface area contributed by atoms with Crippen molar-refractivity contribution in [3.8, 4) is 0 Å². The molecular formula is C9H10IN3O2. The lowest BCUT2D eigenvalue weighted by molar-refractivity contribution is -0.117. The number of halogens is 1. The topological polar surface area (TPSA) is 66.3 Å². The normalized spacial score (nSPS) is 21.1. The van der Waals surface area contributed by atoms with Crippen molar-refractivity contribution in [1.82, 2.24) is 9.97 Å². The minimum atomic E-state index is -0.0183. The van der Waals surface area contributed by atoms with Crippen LogP contribution in [0, 0.1) is 9.49 Å². The molecule has 1 unspecified atom stereocenters. The summed E-state index contributed by atoms with van der Waals surface area (Å²) in [4.78, 5) is 21.3. The number of amides is 1. The number of rotatable bonds is 2. The summed E-state index contributed by atoms with van der Waals surface area (Å²) in [5.41, 5.74) is 0. The van der Waals surface area contributed by atoms with Gasteiger partial charge < -0.3 is 5.11 Å². The average molecular weight is 319 g/mol. The number of anilines is 1. The highest BCUT2D eigenvalue weighted by Crippen LogP contribution is 2.21. The van der Waals surface area contributed by atoms with Crippen LogP contribution in [0.5, 0.6) is 0 Å². The summed E-state index contributed by atoms with van der Waals surface area (Å²) in [5.74, 6) is 0.423. The number of carbonyl (C=O) groups is 1. The first kappa shape index (κ1) is 10.7. The van der Waals surface area contributed by atoms with E-state index in [-0.39, 0.29) is 18.4 Å². The fourth-order valence-electron chi connectivity index (χ4n) is 1.54. The Kier molecular flexibility index (Phi) is 3.15. The van der Waals surface area contributed by atoms with Crippen LogP contribution in [0.4, 0.5) is 5.95 Å². The summed E-state index contributed by atoms with van der Waals surface area (Å²) in [7, 11) is 0. The molecule has 1 fully saturated rings. The molecule has 15 heavy (non-hydrogen) atoms. The van der Waals surface area contributed by atoms with Crippen molar-refractivity contribution in [3.63, 3.8) is 0 Å². The lowest BCUT2D eigenvalue weighted by Gasteiger charge is -2.13. The van der Waals surface area contributed by atoms with E-state index in [1.165, 1.54) is 4.90 Å². The summed E-state index contributed by atoms with van der Waals surface area (Å²) in [6, 6.07) is 0. The van der Waals surface area contributed by atoms with Crippen LogP contribution in [0.25, 0.3) is 0 Å². The molecular weight excluding hydrogens is 309 g/mol. The standard InChI is InChI=1S/C9H10IN3O2/c10-7-2-11-9(12-3-7)13-4-6(5-14)1-8(13)15/h2-3,6,14H,1,4-5H2. The maximum atomic E-state index is 11.6. The Bertz CT molecular complexity index is 368. The van der Waals surface area contributed by atoms with E-state index in [1.807, 2.05) is 0 Å². The van der Waals surface area contributed by atoms with Crippen LogP contribution < -0.4 is 4.90 Å². The number of hydrogen-bond acceptors (Lipinski definition) is 4. The molecule has 1 aliphatic heterocycles. The van der Waals surface area contributed by atoms with Crippen LogP contribution in [0.1, 0.15) is 6.42 Å². The number of aromatic nitrogens is 2. The minimum Gasteiger partial charge on any atom is -0.396 e. The SMILES string of the molecule is O=C1CC(CO)CN1c1ncc(I)cn1. The van der Waals surface area contributed by atoms with Gasteiger partial charge in [0.2, 0.25) is 11.9 Å². The van der Waals surface area contributed by atoms with E-state index in [9.17, 15) is 4.79 Å². The second kappa shape index (κ2) is 4.40. The predicted molar refractivity (Wildman–Crippen MR) is 62.3 cm³/mol. The molecule has 1 N–H and O–H groups in total. The van der Waals surface area contributed by atoms with Gasteiger partial charge in [0.25, 0.3) is 0 Å². The summed E-state index contributed by atoms with van der Waals surface area (Å²) < 4.78 is 0.932. The van der Waals surface area contributed by atoms with Crippen molar-refractivity contribution >= 4 is 34.4 Å². The fraction of sp³-hybridized carbons (Fsp3) is 0.444. The molecule has 1 atom stereocenters. The highest BCUT2D eigenvalue weighted by Gasteiger charge is 2.31. The molecule has 2 heterocycles. The molecule has 2 rings (SSSR count). The molecule has 1 aromatic heterocycles. The van der Waals surface area contributed by atoms with Gasteiger partial charge in [-0.3, -0.25) is 9.69 Å². The Labute approximate surface area is 101 Å². The second-order valence-electron chi connectivity index (χ2n) is 3.46. The van der Waals surface area contributed by atoms with Gasteiger partial charge in [-0.1, -0.05) is 0 Å². The van der Waals surface area contributed by atoms with Gasteiger partial charge in [0, 0.05) is 41.5 Å². The fourth-order valence-corrected chi connectivity index (χ4v) is 1.82. The zero-order valence-corrected chi connectivity index (χ0v) is 10.1. The Hall–Kier alpha value is -0.760. The van der Waals surface area contributed by atoms with E-state index in [0.717, 1.165) is 3.57 Å². The van der Waals surface area contributed by atoms with E-state index in [4.69, 9.17) is 5.11 Å². The number of aliphatic hydroxyl groups is 1. The van der Waals surface area contributed by atoms with Gasteiger partial charge in [-0.2, -0.15) is 0 Å². The van der Waals surface area contributed by atoms with Gasteiger partial charge in [0.05, 0.1) is 0 Å². The second-order valence-corrected chi connectivity index (χ2v) is 4.70. The lowest BCUT2D eigenvalue weighted by atomic mass is 10.1. The van der Waals surface area contributed by atoms with E-state index < -0.39 is 0 Å². The summed E-state index contributed by atoms with van der Waals surface area (Å²) in [5, 5.41) is 8.97. The van der Waals surface area contributed by atoms with Crippen LogP contribution in [-0.2, 0) is 4.79 Å². The van der Waals surface area contributed by atoms with E-state index in [0.29, 0.717) is 18.9 Å². The van der Waals surface area contributed by atoms with Gasteiger partial charge >= 0.3 is 0 Å². The van der Waals surface area contributed by atoms with E-state index >= 15 is 0 Å². The maximum Gasteiger partial charge on any atom is 0.232 e. The third-order valence-corrected chi connectivity index (χ3v) is 2.87. The lowest BCUT2D eigenvalue weighted by Crippen LogP contribution is -2.26. The summed E-state index contributed by atoms with van der Waals surface area (Å²) in [6.07, 6.45) is 3.72. The van der Waals surface area contributed by atoms with Crippen LogP contribution in [0.15, 0.2) is 12.4 Å². The molecule has 0 spiro atoms. The Morgan fingerprint density at radius 2 is 2.20 bits per heavy atom. The molecule has 0 aliphatic carbocycles. The molecule has 0 radical (unpaired) electrons. The molecule has 1 aromatic rings. The molecule has 0 aromatic carbocycles. The van der Waals surface area contributed by atoms with Gasteiger partial charge in [0.1, 0.15) is 0 Å². The van der Waals surface area contributed by atoms with Crippen molar-refractivity contribution in [2.75, 3.05) is 18.1 Å². The predicted octanol–water partition coefficient (Wildman–Crippen LogP) is 0.426. The number of carbonyl (C=O) groups excluding carboxylic acids is 1. The molecule has 6 heteroatoms. The number of nitrogens with zero attached hydrogens (tertiary/aromatic N) is 3. The summed E-state index contributed by atoms with van der Waals surface area (Å²) in [6.45, 7) is 0.544. The molecule has 1 saturated heterocycles. The third-order valence-electron chi connectivity index (χ3n) is 2.31. The van der Waals surface area contributed by atoms with Crippen LogP contribution in [0.3, 0.4) is 0 Å². The Balaban J connectivity index is 2.18. The van der Waals surface area contributed by atoms with Gasteiger partial charge in [-0.15, -0.1) is 0 Å². The quantitative estimate of drug-likeness (QED) is 0.803. The highest BCUT2D eigenvalue weighted by atomic mass is 127. The van der Waals surface area contributed by atoms with Gasteiger partial charge in [0.15, 0.2) is 0 Å². The van der Waals surface area contributed by atoms with E-state index in [1.54, 1.807) is 12.4 Å². The van der Waals surface area contributed by atoms with Crippen molar-refractivity contribution in [1.29, 1.82) is 0 Å². The maximum absolute atomic E-state index is 11.6. The minimum absolute atomic E-state index is 0.0142. The van der Waals surface area contributed by atoms with E-state index in [2.05, 4.69) is 32.6 Å². The molecule has 5 nitrogen and oxygen atoms in total. The number of hydrogen-bond donors (Lipinski definition) is 1. The van der Waals surface area contributed by atoms with Crippen LogP contribution >= 0.6 is 22.6 Å². The third kappa shape index (κ3) is 2.25. The van der Waals surface area contributed by atoms with Crippen molar-refractivity contribution in [2.45, 2.75) is 6.42 Å². The first-order chi connectivity index (χ1) is 7.20. The Morgan fingerprint density at radius 3 is 2.73 bits per heavy atom. The number of aliphatic hydroxyl groups excluding tert-OH is 1. The van der Waals surface area contributed by atoms with Crippen molar-refractivity contribution < 1.29 is 9.90 Å². The zero-order valence-electron chi connectivity index (χ0n) is 7.93. The molecule has 80 valence electrons. The molecule has 1 aliphatic rings. The van der Waals surface area contributed by atoms with Gasteiger partial charge in [-0.25, -0.2) is 9.97 Å². The monoisotopic (exact) mass is 319 g/mol. The molecule has 1 amide bonds. The van der Waals surface area contributed by atoms with Gasteiger partial charge in [-0.05, 0) is 22.6 Å². The molecule has 0 bridgehead atoms. The smallest absolute Gasteiger partial charge is 0.232 e.